The Morgan fingerprint density at radius 1 is 1.16 bits per heavy atom. The van der Waals surface area contributed by atoms with Gasteiger partial charge in [0.15, 0.2) is 0 Å². The van der Waals surface area contributed by atoms with Gasteiger partial charge >= 0.3 is 5.97 Å². The molecule has 19 heavy (non-hydrogen) atoms. The standard InChI is InChI=1S/C15H28N2O2/c1-13(15(18)19)17-10-6-7-14(12-17)11-16-8-4-2-3-5-9-16/h13-14H,2-12H2,1H3,(H,18,19)/t13-,14-/m1/s1. The molecule has 2 fully saturated rings. The highest BCUT2D eigenvalue weighted by atomic mass is 16.4. The summed E-state index contributed by atoms with van der Waals surface area (Å²) in [7, 11) is 0. The normalized spacial score (nSPS) is 28.8. The zero-order valence-corrected chi connectivity index (χ0v) is 12.2. The summed E-state index contributed by atoms with van der Waals surface area (Å²) in [4.78, 5) is 15.8. The van der Waals surface area contributed by atoms with Crippen molar-refractivity contribution >= 4 is 5.97 Å². The van der Waals surface area contributed by atoms with Gasteiger partial charge in [0.1, 0.15) is 6.04 Å². The van der Waals surface area contributed by atoms with E-state index in [1.807, 2.05) is 6.92 Å². The monoisotopic (exact) mass is 268 g/mol. The quantitative estimate of drug-likeness (QED) is 0.847. The molecule has 4 nitrogen and oxygen atoms in total. The molecule has 2 rings (SSSR count). The van der Waals surface area contributed by atoms with Gasteiger partial charge in [-0.15, -0.1) is 0 Å². The van der Waals surface area contributed by atoms with Crippen molar-refractivity contribution in [3.05, 3.63) is 0 Å². The van der Waals surface area contributed by atoms with E-state index >= 15 is 0 Å². The summed E-state index contributed by atoms with van der Waals surface area (Å²) in [6.45, 7) is 7.38. The molecule has 0 saturated carbocycles. The Labute approximate surface area is 116 Å². The maximum absolute atomic E-state index is 11.1. The number of rotatable bonds is 4. The Kier molecular flexibility index (Phi) is 5.64. The minimum atomic E-state index is -0.685. The lowest BCUT2D eigenvalue weighted by molar-refractivity contribution is -0.143. The molecular formula is C15H28N2O2. The minimum Gasteiger partial charge on any atom is -0.480 e. The first kappa shape index (κ1) is 14.8. The van der Waals surface area contributed by atoms with Crippen LogP contribution >= 0.6 is 0 Å². The molecule has 0 aliphatic carbocycles. The molecule has 110 valence electrons. The number of carbonyl (C=O) groups is 1. The van der Waals surface area contributed by atoms with Crippen LogP contribution in [0.2, 0.25) is 0 Å². The number of hydrogen-bond acceptors (Lipinski definition) is 3. The van der Waals surface area contributed by atoms with E-state index < -0.39 is 5.97 Å². The molecular weight excluding hydrogens is 240 g/mol. The molecule has 2 heterocycles. The second-order valence-corrected chi connectivity index (χ2v) is 6.23. The lowest BCUT2D eigenvalue weighted by Gasteiger charge is -2.37. The van der Waals surface area contributed by atoms with Crippen molar-refractivity contribution < 1.29 is 9.90 Å². The maximum atomic E-state index is 11.1. The lowest BCUT2D eigenvalue weighted by Crippen LogP contribution is -2.47. The zero-order chi connectivity index (χ0) is 13.7. The molecule has 2 atom stereocenters. The molecule has 1 N–H and O–H groups in total. The largest absolute Gasteiger partial charge is 0.480 e. The van der Waals surface area contributed by atoms with Crippen molar-refractivity contribution in [2.24, 2.45) is 5.92 Å². The fourth-order valence-corrected chi connectivity index (χ4v) is 3.44. The highest BCUT2D eigenvalue weighted by molar-refractivity contribution is 5.72. The van der Waals surface area contributed by atoms with Gasteiger partial charge < -0.3 is 10.0 Å². The molecule has 0 aromatic carbocycles. The molecule has 0 amide bonds. The van der Waals surface area contributed by atoms with E-state index in [-0.39, 0.29) is 6.04 Å². The first-order valence-corrected chi connectivity index (χ1v) is 7.86. The minimum absolute atomic E-state index is 0.327. The first-order valence-electron chi connectivity index (χ1n) is 7.86. The lowest BCUT2D eigenvalue weighted by atomic mass is 9.96. The summed E-state index contributed by atoms with van der Waals surface area (Å²) >= 11 is 0. The van der Waals surface area contributed by atoms with E-state index in [0.717, 1.165) is 19.5 Å². The van der Waals surface area contributed by atoms with Crippen LogP contribution < -0.4 is 0 Å². The van der Waals surface area contributed by atoms with Crippen LogP contribution in [-0.4, -0.2) is 59.6 Å². The predicted octanol–water partition coefficient (Wildman–Crippen LogP) is 2.05. The second kappa shape index (κ2) is 7.25. The molecule has 0 aromatic rings. The van der Waals surface area contributed by atoms with Gasteiger partial charge in [-0.05, 0) is 58.2 Å². The second-order valence-electron chi connectivity index (χ2n) is 6.23. The Balaban J connectivity index is 1.81. The molecule has 2 aliphatic heterocycles. The van der Waals surface area contributed by atoms with Gasteiger partial charge in [-0.2, -0.15) is 0 Å². The van der Waals surface area contributed by atoms with Crippen LogP contribution in [0.15, 0.2) is 0 Å². The fourth-order valence-electron chi connectivity index (χ4n) is 3.44. The molecule has 0 radical (unpaired) electrons. The summed E-state index contributed by atoms with van der Waals surface area (Å²) in [6, 6.07) is -0.327. The van der Waals surface area contributed by atoms with E-state index in [4.69, 9.17) is 5.11 Å². The average Bonchev–Trinajstić information content (AvgIpc) is 2.66. The van der Waals surface area contributed by atoms with Gasteiger partial charge in [-0.25, -0.2) is 0 Å². The molecule has 0 bridgehead atoms. The summed E-state index contributed by atoms with van der Waals surface area (Å²) < 4.78 is 0. The number of hydrogen-bond donors (Lipinski definition) is 1. The number of carboxylic acid groups (broad SMARTS) is 1. The van der Waals surface area contributed by atoms with Crippen molar-refractivity contribution in [1.29, 1.82) is 0 Å². The molecule has 0 unspecified atom stereocenters. The van der Waals surface area contributed by atoms with Gasteiger partial charge in [0.05, 0.1) is 0 Å². The number of aliphatic carboxylic acids is 1. The number of nitrogens with zero attached hydrogens (tertiary/aromatic N) is 2. The van der Waals surface area contributed by atoms with E-state index in [1.165, 1.54) is 51.7 Å². The smallest absolute Gasteiger partial charge is 0.320 e. The number of likely N-dealkylation sites (tertiary alicyclic amines) is 2. The fraction of sp³-hybridized carbons (Fsp3) is 0.933. The Morgan fingerprint density at radius 3 is 2.47 bits per heavy atom. The van der Waals surface area contributed by atoms with Crippen molar-refractivity contribution in [1.82, 2.24) is 9.80 Å². The molecule has 2 saturated heterocycles. The van der Waals surface area contributed by atoms with E-state index in [0.29, 0.717) is 5.92 Å². The molecule has 0 spiro atoms. The van der Waals surface area contributed by atoms with Crippen LogP contribution in [0.1, 0.15) is 45.4 Å². The molecule has 2 aliphatic rings. The first-order chi connectivity index (χ1) is 9.16. The van der Waals surface area contributed by atoms with Gasteiger partial charge in [-0.1, -0.05) is 12.8 Å². The Bertz CT molecular complexity index is 288. The third kappa shape index (κ3) is 4.46. The van der Waals surface area contributed by atoms with Gasteiger partial charge in [0, 0.05) is 13.1 Å². The highest BCUT2D eigenvalue weighted by Crippen LogP contribution is 2.21. The van der Waals surface area contributed by atoms with E-state index in [2.05, 4.69) is 9.80 Å². The van der Waals surface area contributed by atoms with Gasteiger partial charge in [-0.3, -0.25) is 9.69 Å². The van der Waals surface area contributed by atoms with E-state index in [9.17, 15) is 4.79 Å². The van der Waals surface area contributed by atoms with Crippen LogP contribution in [0.3, 0.4) is 0 Å². The highest BCUT2D eigenvalue weighted by Gasteiger charge is 2.28. The average molecular weight is 268 g/mol. The van der Waals surface area contributed by atoms with Gasteiger partial charge in [0.25, 0.3) is 0 Å². The van der Waals surface area contributed by atoms with Crippen LogP contribution in [0.25, 0.3) is 0 Å². The van der Waals surface area contributed by atoms with Crippen molar-refractivity contribution in [3.63, 3.8) is 0 Å². The van der Waals surface area contributed by atoms with Crippen LogP contribution in [0, 0.1) is 5.92 Å². The third-order valence-electron chi connectivity index (χ3n) is 4.67. The summed E-state index contributed by atoms with van der Waals surface area (Å²) in [5.74, 6) is -0.0240. The third-order valence-corrected chi connectivity index (χ3v) is 4.67. The topological polar surface area (TPSA) is 43.8 Å². The van der Waals surface area contributed by atoms with Gasteiger partial charge in [0.2, 0.25) is 0 Å². The number of piperidine rings is 1. The summed E-state index contributed by atoms with van der Waals surface area (Å²) in [6.07, 6.45) is 7.84. The number of carboxylic acids is 1. The summed E-state index contributed by atoms with van der Waals surface area (Å²) in [5, 5.41) is 9.13. The molecule has 4 heteroatoms. The SMILES string of the molecule is C[C@H](C(=O)O)N1CCC[C@H](CN2CCCCCC2)C1. The maximum Gasteiger partial charge on any atom is 0.320 e. The van der Waals surface area contributed by atoms with Crippen LogP contribution in [-0.2, 0) is 4.79 Å². The van der Waals surface area contributed by atoms with Crippen molar-refractivity contribution in [3.8, 4) is 0 Å². The van der Waals surface area contributed by atoms with Crippen LogP contribution in [0.4, 0.5) is 0 Å². The zero-order valence-electron chi connectivity index (χ0n) is 12.2. The van der Waals surface area contributed by atoms with Crippen molar-refractivity contribution in [2.45, 2.75) is 51.5 Å². The van der Waals surface area contributed by atoms with Crippen LogP contribution in [0.5, 0.6) is 0 Å². The predicted molar refractivity (Wildman–Crippen MR) is 76.3 cm³/mol. The van der Waals surface area contributed by atoms with E-state index in [1.54, 1.807) is 0 Å². The molecule has 0 aromatic heterocycles. The van der Waals surface area contributed by atoms with Crippen molar-refractivity contribution in [2.75, 3.05) is 32.7 Å². The Hall–Kier alpha value is -0.610. The Morgan fingerprint density at radius 2 is 1.84 bits per heavy atom. The summed E-state index contributed by atoms with van der Waals surface area (Å²) in [5.41, 5.74) is 0.